The molecule has 2 heterocycles. The number of aromatic nitrogens is 4. The van der Waals surface area contributed by atoms with Gasteiger partial charge >= 0.3 is 0 Å². The monoisotopic (exact) mass is 420 g/mol. The van der Waals surface area contributed by atoms with Crippen molar-refractivity contribution in [2.24, 2.45) is 0 Å². The van der Waals surface area contributed by atoms with Crippen molar-refractivity contribution in [3.8, 4) is 45.4 Å². The molecular formula is C26H17ClN4. The minimum absolute atomic E-state index is 0.586. The molecule has 0 amide bonds. The Morgan fingerprint density at radius 2 is 0.935 bits per heavy atom. The fraction of sp³-hybridized carbons (Fsp3) is 0. The van der Waals surface area contributed by atoms with Gasteiger partial charge in [0.2, 0.25) is 0 Å². The topological polar surface area (TPSA) is 51.6 Å². The molecule has 0 saturated carbocycles. The molecule has 0 atom stereocenters. The molecule has 0 aliphatic rings. The Hall–Kier alpha value is -3.89. The average Bonchev–Trinajstić information content (AvgIpc) is 2.85. The highest BCUT2D eigenvalue weighted by Gasteiger charge is 2.12. The Bertz CT molecular complexity index is 1250. The van der Waals surface area contributed by atoms with E-state index in [0.29, 0.717) is 22.5 Å². The second-order valence-electron chi connectivity index (χ2n) is 6.98. The predicted octanol–water partition coefficient (Wildman–Crippen LogP) is 6.59. The molecule has 2 aromatic heterocycles. The van der Waals surface area contributed by atoms with Crippen molar-refractivity contribution in [3.05, 3.63) is 108 Å². The van der Waals surface area contributed by atoms with Crippen LogP contribution in [0.1, 0.15) is 0 Å². The SMILES string of the molecule is Clc1ccc(-c2ccc(-c3nc(-c4ccccc4)nc(-c4ccccc4)n3)cn2)cc1. The van der Waals surface area contributed by atoms with Crippen molar-refractivity contribution in [1.29, 1.82) is 0 Å². The van der Waals surface area contributed by atoms with Gasteiger partial charge in [0.1, 0.15) is 0 Å². The first kappa shape index (κ1) is 19.1. The minimum atomic E-state index is 0.586. The highest BCUT2D eigenvalue weighted by molar-refractivity contribution is 6.30. The lowest BCUT2D eigenvalue weighted by Gasteiger charge is -2.08. The van der Waals surface area contributed by atoms with E-state index in [1.165, 1.54) is 0 Å². The van der Waals surface area contributed by atoms with Crippen LogP contribution in [0.25, 0.3) is 45.4 Å². The molecule has 0 radical (unpaired) electrons. The molecule has 0 N–H and O–H groups in total. The van der Waals surface area contributed by atoms with Gasteiger partial charge in [-0.25, -0.2) is 15.0 Å². The third kappa shape index (κ3) is 4.20. The van der Waals surface area contributed by atoms with Crippen LogP contribution in [0.2, 0.25) is 5.02 Å². The van der Waals surface area contributed by atoms with Gasteiger partial charge in [0.15, 0.2) is 17.5 Å². The van der Waals surface area contributed by atoms with Crippen LogP contribution in [-0.2, 0) is 0 Å². The molecule has 0 aliphatic heterocycles. The number of rotatable bonds is 4. The van der Waals surface area contributed by atoms with Gasteiger partial charge in [0.25, 0.3) is 0 Å². The fourth-order valence-corrected chi connectivity index (χ4v) is 3.38. The molecule has 148 valence electrons. The van der Waals surface area contributed by atoms with Crippen LogP contribution in [0.4, 0.5) is 0 Å². The van der Waals surface area contributed by atoms with Crippen molar-refractivity contribution in [2.75, 3.05) is 0 Å². The normalized spacial score (nSPS) is 10.7. The Balaban J connectivity index is 1.58. The molecule has 5 heteroatoms. The number of halogens is 1. The van der Waals surface area contributed by atoms with E-state index in [1.807, 2.05) is 97.1 Å². The third-order valence-corrected chi connectivity index (χ3v) is 5.11. The second kappa shape index (κ2) is 8.46. The molecule has 0 unspecified atom stereocenters. The van der Waals surface area contributed by atoms with E-state index in [9.17, 15) is 0 Å². The maximum atomic E-state index is 5.99. The van der Waals surface area contributed by atoms with Crippen LogP contribution in [0, 0.1) is 0 Å². The molecule has 0 fully saturated rings. The summed E-state index contributed by atoms with van der Waals surface area (Å²) in [5.74, 6) is 1.85. The van der Waals surface area contributed by atoms with Crippen molar-refractivity contribution in [1.82, 2.24) is 19.9 Å². The minimum Gasteiger partial charge on any atom is -0.255 e. The molecule has 0 spiro atoms. The number of hydrogen-bond acceptors (Lipinski definition) is 4. The Morgan fingerprint density at radius 3 is 1.42 bits per heavy atom. The number of hydrogen-bond donors (Lipinski definition) is 0. The first-order valence-corrected chi connectivity index (χ1v) is 10.2. The van der Waals surface area contributed by atoms with Crippen LogP contribution in [0.5, 0.6) is 0 Å². The van der Waals surface area contributed by atoms with Crippen molar-refractivity contribution >= 4 is 11.6 Å². The molecular weight excluding hydrogens is 404 g/mol. The van der Waals surface area contributed by atoms with Gasteiger partial charge in [-0.1, -0.05) is 84.4 Å². The Kier molecular flexibility index (Phi) is 5.21. The number of nitrogens with zero attached hydrogens (tertiary/aromatic N) is 4. The third-order valence-electron chi connectivity index (χ3n) is 4.86. The van der Waals surface area contributed by atoms with Crippen molar-refractivity contribution < 1.29 is 0 Å². The average molecular weight is 421 g/mol. The van der Waals surface area contributed by atoms with E-state index in [4.69, 9.17) is 26.6 Å². The van der Waals surface area contributed by atoms with Gasteiger partial charge in [0, 0.05) is 33.5 Å². The lowest BCUT2D eigenvalue weighted by atomic mass is 10.1. The largest absolute Gasteiger partial charge is 0.255 e. The number of pyridine rings is 1. The van der Waals surface area contributed by atoms with Crippen LogP contribution >= 0.6 is 11.6 Å². The summed E-state index contributed by atoms with van der Waals surface area (Å²) in [6, 6.07) is 31.4. The Morgan fingerprint density at radius 1 is 0.452 bits per heavy atom. The van der Waals surface area contributed by atoms with Crippen LogP contribution in [-0.4, -0.2) is 19.9 Å². The van der Waals surface area contributed by atoms with Gasteiger partial charge in [-0.2, -0.15) is 0 Å². The summed E-state index contributed by atoms with van der Waals surface area (Å²) in [7, 11) is 0. The lowest BCUT2D eigenvalue weighted by molar-refractivity contribution is 1.07. The molecule has 3 aromatic carbocycles. The van der Waals surface area contributed by atoms with Gasteiger partial charge in [0.05, 0.1) is 5.69 Å². The van der Waals surface area contributed by atoms with E-state index in [-0.39, 0.29) is 0 Å². The predicted molar refractivity (Wildman–Crippen MR) is 124 cm³/mol. The van der Waals surface area contributed by atoms with Crippen LogP contribution in [0.15, 0.2) is 103 Å². The first-order chi connectivity index (χ1) is 15.3. The summed E-state index contributed by atoms with van der Waals surface area (Å²) in [6.45, 7) is 0. The maximum Gasteiger partial charge on any atom is 0.165 e. The second-order valence-corrected chi connectivity index (χ2v) is 7.41. The molecule has 5 aromatic rings. The zero-order chi connectivity index (χ0) is 21.0. The molecule has 0 bridgehead atoms. The first-order valence-electron chi connectivity index (χ1n) is 9.85. The Labute approximate surface area is 185 Å². The van der Waals surface area contributed by atoms with Gasteiger partial charge in [-0.05, 0) is 24.3 Å². The lowest BCUT2D eigenvalue weighted by Crippen LogP contribution is -2.00. The smallest absolute Gasteiger partial charge is 0.165 e. The maximum absolute atomic E-state index is 5.99. The van der Waals surface area contributed by atoms with Gasteiger partial charge in [-0.15, -0.1) is 0 Å². The molecule has 31 heavy (non-hydrogen) atoms. The van der Waals surface area contributed by atoms with E-state index in [0.717, 1.165) is 27.9 Å². The molecule has 4 nitrogen and oxygen atoms in total. The van der Waals surface area contributed by atoms with E-state index < -0.39 is 0 Å². The zero-order valence-corrected chi connectivity index (χ0v) is 17.2. The summed E-state index contributed by atoms with van der Waals surface area (Å²) in [4.78, 5) is 18.8. The highest BCUT2D eigenvalue weighted by Crippen LogP contribution is 2.26. The highest BCUT2D eigenvalue weighted by atomic mass is 35.5. The zero-order valence-electron chi connectivity index (χ0n) is 16.5. The molecule has 5 rings (SSSR count). The van der Waals surface area contributed by atoms with Gasteiger partial charge in [-0.3, -0.25) is 4.98 Å². The number of benzene rings is 3. The molecule has 0 aliphatic carbocycles. The fourth-order valence-electron chi connectivity index (χ4n) is 3.26. The summed E-state index contributed by atoms with van der Waals surface area (Å²) < 4.78 is 0. The standard InChI is InChI=1S/C26H17ClN4/c27-22-14-11-18(12-15-22)23-16-13-21(17-28-23)26-30-24(19-7-3-1-4-8-19)29-25(31-26)20-9-5-2-6-10-20/h1-17H. The summed E-state index contributed by atoms with van der Waals surface area (Å²) in [5.41, 5.74) is 4.57. The summed E-state index contributed by atoms with van der Waals surface area (Å²) >= 11 is 5.99. The molecule has 0 saturated heterocycles. The van der Waals surface area contributed by atoms with Crippen molar-refractivity contribution in [3.63, 3.8) is 0 Å². The van der Waals surface area contributed by atoms with E-state index >= 15 is 0 Å². The summed E-state index contributed by atoms with van der Waals surface area (Å²) in [5, 5.41) is 0.701. The van der Waals surface area contributed by atoms with E-state index in [2.05, 4.69) is 4.98 Å². The quantitative estimate of drug-likeness (QED) is 0.329. The van der Waals surface area contributed by atoms with Crippen molar-refractivity contribution in [2.45, 2.75) is 0 Å². The van der Waals surface area contributed by atoms with Crippen LogP contribution < -0.4 is 0 Å². The van der Waals surface area contributed by atoms with Gasteiger partial charge < -0.3 is 0 Å². The van der Waals surface area contributed by atoms with Crippen LogP contribution in [0.3, 0.4) is 0 Å². The van der Waals surface area contributed by atoms with E-state index in [1.54, 1.807) is 6.20 Å². The summed E-state index contributed by atoms with van der Waals surface area (Å²) in [6.07, 6.45) is 1.79.